The van der Waals surface area contributed by atoms with Gasteiger partial charge in [0.1, 0.15) is 4.21 Å². The second-order valence-corrected chi connectivity index (χ2v) is 7.34. The summed E-state index contributed by atoms with van der Waals surface area (Å²) in [5, 5.41) is 5.05. The van der Waals surface area contributed by atoms with Gasteiger partial charge in [-0.3, -0.25) is 0 Å². The number of thiophene rings is 1. The zero-order chi connectivity index (χ0) is 11.6. The zero-order valence-corrected chi connectivity index (χ0v) is 10.9. The smallest absolute Gasteiger partial charge is 0.189 e. The molecule has 1 saturated heterocycles. The summed E-state index contributed by atoms with van der Waals surface area (Å²) < 4.78 is 24.5. The third-order valence-electron chi connectivity index (χ3n) is 2.68. The summed E-state index contributed by atoms with van der Waals surface area (Å²) >= 11 is 1.29. The van der Waals surface area contributed by atoms with Crippen molar-refractivity contribution in [3.05, 3.63) is 17.5 Å². The highest BCUT2D eigenvalue weighted by Crippen LogP contribution is 2.18. The van der Waals surface area contributed by atoms with E-state index in [1.807, 2.05) is 7.05 Å². The molecule has 90 valence electrons. The predicted molar refractivity (Wildman–Crippen MR) is 65.7 cm³/mol. The van der Waals surface area contributed by atoms with Crippen molar-refractivity contribution in [2.75, 3.05) is 32.4 Å². The van der Waals surface area contributed by atoms with Gasteiger partial charge in [0.2, 0.25) is 0 Å². The van der Waals surface area contributed by atoms with Crippen LogP contribution in [0.4, 0.5) is 0 Å². The monoisotopic (exact) mass is 260 g/mol. The summed E-state index contributed by atoms with van der Waals surface area (Å²) in [7, 11) is -1.09. The first-order valence-corrected chi connectivity index (χ1v) is 7.79. The van der Waals surface area contributed by atoms with Gasteiger partial charge in [0, 0.05) is 25.7 Å². The van der Waals surface area contributed by atoms with Gasteiger partial charge in [-0.1, -0.05) is 6.07 Å². The Morgan fingerprint density at radius 1 is 1.62 bits per heavy atom. The third-order valence-corrected chi connectivity index (χ3v) is 5.98. The highest BCUT2D eigenvalue weighted by Gasteiger charge is 2.24. The number of rotatable bonds is 3. The van der Waals surface area contributed by atoms with Gasteiger partial charge >= 0.3 is 0 Å². The first-order valence-electron chi connectivity index (χ1n) is 5.26. The molecule has 1 aliphatic heterocycles. The average Bonchev–Trinajstić information content (AvgIpc) is 2.69. The molecule has 2 rings (SSSR count). The van der Waals surface area contributed by atoms with E-state index in [9.17, 15) is 8.42 Å². The predicted octanol–water partition coefficient (Wildman–Crippen LogP) is 0.425. The minimum atomic E-state index is -3.11. The van der Waals surface area contributed by atoms with Crippen molar-refractivity contribution in [2.45, 2.75) is 10.3 Å². The average molecular weight is 260 g/mol. The number of nitrogens with zero attached hydrogens (tertiary/aromatic N) is 1. The zero-order valence-electron chi connectivity index (χ0n) is 9.22. The maximum Gasteiger partial charge on any atom is 0.189 e. The highest BCUT2D eigenvalue weighted by molar-refractivity contribution is 7.93. The Balaban J connectivity index is 2.04. The number of hydrogen-bond donors (Lipinski definition) is 1. The Labute approximate surface area is 100 Å². The molecule has 1 aromatic heterocycles. The van der Waals surface area contributed by atoms with Crippen LogP contribution in [0.25, 0.3) is 0 Å². The normalized spacial score (nSPS) is 23.4. The van der Waals surface area contributed by atoms with Crippen LogP contribution in [0.3, 0.4) is 0 Å². The molecule has 6 heteroatoms. The van der Waals surface area contributed by atoms with E-state index in [-0.39, 0.29) is 11.8 Å². The summed E-state index contributed by atoms with van der Waals surface area (Å²) in [5.41, 5.74) is 0. The summed E-state index contributed by atoms with van der Waals surface area (Å²) in [5.74, 6) is 0.192. The molecule has 1 aromatic rings. The van der Waals surface area contributed by atoms with Crippen LogP contribution >= 0.6 is 11.3 Å². The molecule has 4 nitrogen and oxygen atoms in total. The van der Waals surface area contributed by atoms with E-state index in [2.05, 4.69) is 10.2 Å². The maximum atomic E-state index is 12.0. The van der Waals surface area contributed by atoms with Gasteiger partial charge in [-0.2, -0.15) is 0 Å². The Morgan fingerprint density at radius 2 is 2.44 bits per heavy atom. The largest absolute Gasteiger partial charge is 0.310 e. The lowest BCUT2D eigenvalue weighted by Crippen LogP contribution is -2.51. The molecule has 0 spiro atoms. The summed E-state index contributed by atoms with van der Waals surface area (Å²) in [6.07, 6.45) is 0. The number of likely N-dealkylation sites (N-methyl/N-ethyl adjacent to an activating group) is 1. The molecule has 0 saturated carbocycles. The van der Waals surface area contributed by atoms with Crippen molar-refractivity contribution in [2.24, 2.45) is 0 Å². The first-order chi connectivity index (χ1) is 7.58. The Kier molecular flexibility index (Phi) is 3.63. The van der Waals surface area contributed by atoms with Crippen LogP contribution in [0.1, 0.15) is 0 Å². The molecule has 0 amide bonds. The number of sulfone groups is 1. The fourth-order valence-electron chi connectivity index (χ4n) is 1.89. The topological polar surface area (TPSA) is 49.4 Å². The Morgan fingerprint density at radius 3 is 3.06 bits per heavy atom. The van der Waals surface area contributed by atoms with Gasteiger partial charge in [-0.05, 0) is 18.5 Å². The second kappa shape index (κ2) is 4.83. The van der Waals surface area contributed by atoms with Crippen LogP contribution in [0.2, 0.25) is 0 Å². The van der Waals surface area contributed by atoms with E-state index in [4.69, 9.17) is 0 Å². The highest BCUT2D eigenvalue weighted by atomic mass is 32.2. The van der Waals surface area contributed by atoms with E-state index in [1.165, 1.54) is 11.3 Å². The number of hydrogen-bond acceptors (Lipinski definition) is 5. The SMILES string of the molecule is CN1CCNC(CS(=O)(=O)c2cccs2)C1. The molecule has 1 unspecified atom stereocenters. The fourth-order valence-corrected chi connectivity index (χ4v) is 4.50. The van der Waals surface area contributed by atoms with Crippen molar-refractivity contribution in [3.63, 3.8) is 0 Å². The van der Waals surface area contributed by atoms with Crippen molar-refractivity contribution in [3.8, 4) is 0 Å². The summed E-state index contributed by atoms with van der Waals surface area (Å²) in [6, 6.07) is 3.50. The molecule has 16 heavy (non-hydrogen) atoms. The number of piperazine rings is 1. The van der Waals surface area contributed by atoms with E-state index >= 15 is 0 Å². The molecular weight excluding hydrogens is 244 g/mol. The van der Waals surface area contributed by atoms with Crippen molar-refractivity contribution >= 4 is 21.2 Å². The molecule has 1 N–H and O–H groups in total. The van der Waals surface area contributed by atoms with E-state index < -0.39 is 9.84 Å². The summed E-state index contributed by atoms with van der Waals surface area (Å²) in [4.78, 5) is 2.16. The van der Waals surface area contributed by atoms with Crippen LogP contribution in [0.15, 0.2) is 21.7 Å². The van der Waals surface area contributed by atoms with Crippen LogP contribution < -0.4 is 5.32 Å². The van der Waals surface area contributed by atoms with Crippen LogP contribution in [-0.2, 0) is 9.84 Å². The molecule has 1 fully saturated rings. The van der Waals surface area contributed by atoms with Gasteiger partial charge in [0.05, 0.1) is 5.75 Å². The van der Waals surface area contributed by atoms with Crippen molar-refractivity contribution in [1.29, 1.82) is 0 Å². The Bertz CT molecular complexity index is 428. The minimum Gasteiger partial charge on any atom is -0.310 e. The molecule has 2 heterocycles. The maximum absolute atomic E-state index is 12.0. The van der Waals surface area contributed by atoms with E-state index in [0.717, 1.165) is 19.6 Å². The molecule has 0 aromatic carbocycles. The van der Waals surface area contributed by atoms with Crippen LogP contribution in [0.5, 0.6) is 0 Å². The lowest BCUT2D eigenvalue weighted by molar-refractivity contribution is 0.249. The molecule has 1 aliphatic rings. The Hall–Kier alpha value is -0.430. The van der Waals surface area contributed by atoms with Crippen molar-refractivity contribution < 1.29 is 8.42 Å². The molecular formula is C10H16N2O2S2. The van der Waals surface area contributed by atoms with E-state index in [0.29, 0.717) is 4.21 Å². The lowest BCUT2D eigenvalue weighted by atomic mass is 10.2. The summed E-state index contributed by atoms with van der Waals surface area (Å²) in [6.45, 7) is 2.64. The molecule has 0 aliphatic carbocycles. The lowest BCUT2D eigenvalue weighted by Gasteiger charge is -2.30. The van der Waals surface area contributed by atoms with Crippen molar-refractivity contribution in [1.82, 2.24) is 10.2 Å². The standard InChI is InChI=1S/C10H16N2O2S2/c1-12-5-4-11-9(7-12)8-16(13,14)10-3-2-6-15-10/h2-3,6,9,11H,4-5,7-8H2,1H3. The van der Waals surface area contributed by atoms with Gasteiger partial charge in [-0.25, -0.2) is 8.42 Å². The van der Waals surface area contributed by atoms with Gasteiger partial charge < -0.3 is 10.2 Å². The first kappa shape index (κ1) is 12.0. The van der Waals surface area contributed by atoms with Crippen LogP contribution in [-0.4, -0.2) is 51.8 Å². The molecule has 0 bridgehead atoms. The van der Waals surface area contributed by atoms with E-state index in [1.54, 1.807) is 17.5 Å². The number of nitrogens with one attached hydrogen (secondary N) is 1. The van der Waals surface area contributed by atoms with Gasteiger partial charge in [0.25, 0.3) is 0 Å². The molecule has 0 radical (unpaired) electrons. The minimum absolute atomic E-state index is 0.0471. The van der Waals surface area contributed by atoms with Gasteiger partial charge in [-0.15, -0.1) is 11.3 Å². The third kappa shape index (κ3) is 2.82. The van der Waals surface area contributed by atoms with Crippen LogP contribution in [0, 0.1) is 0 Å². The fraction of sp³-hybridized carbons (Fsp3) is 0.600. The second-order valence-electron chi connectivity index (χ2n) is 4.13. The van der Waals surface area contributed by atoms with Gasteiger partial charge in [0.15, 0.2) is 9.84 Å². The molecule has 1 atom stereocenters. The quantitative estimate of drug-likeness (QED) is 0.856.